The summed E-state index contributed by atoms with van der Waals surface area (Å²) in [5.41, 5.74) is 2.54. The predicted molar refractivity (Wildman–Crippen MR) is 81.9 cm³/mol. The van der Waals surface area contributed by atoms with Crippen molar-refractivity contribution in [3.8, 4) is 11.4 Å². The summed E-state index contributed by atoms with van der Waals surface area (Å²) in [5, 5.41) is 0. The van der Waals surface area contributed by atoms with E-state index in [0.29, 0.717) is 13.9 Å². The number of rotatable bonds is 1. The first-order valence-electron chi connectivity index (χ1n) is 5.25. The van der Waals surface area contributed by atoms with Crippen LogP contribution in [0.4, 0.5) is 4.39 Å². The van der Waals surface area contributed by atoms with E-state index in [-0.39, 0.29) is 5.82 Å². The van der Waals surface area contributed by atoms with Crippen molar-refractivity contribution in [3.63, 3.8) is 0 Å². The normalized spacial score (nSPS) is 11.1. The van der Waals surface area contributed by atoms with E-state index < -0.39 is 0 Å². The molecule has 0 spiro atoms. The minimum Gasteiger partial charge on any atom is -0.338 e. The molecule has 0 saturated heterocycles. The highest BCUT2D eigenvalue weighted by molar-refractivity contribution is 14.1. The average Bonchev–Trinajstić information content (AvgIpc) is 2.79. The maximum Gasteiger partial charge on any atom is 0.151 e. The number of aromatic amines is 1. The van der Waals surface area contributed by atoms with Crippen LogP contribution in [0.5, 0.6) is 0 Å². The number of imidazole rings is 1. The SMILES string of the molecule is Fc1c(I)ccc(-c2nc3ccccc3[nH]2)c1Br. The molecule has 90 valence electrons. The van der Waals surface area contributed by atoms with Gasteiger partial charge in [0.15, 0.2) is 5.82 Å². The third-order valence-electron chi connectivity index (χ3n) is 2.68. The fourth-order valence-corrected chi connectivity index (χ4v) is 3.14. The van der Waals surface area contributed by atoms with Gasteiger partial charge in [0.2, 0.25) is 0 Å². The molecule has 0 aliphatic rings. The van der Waals surface area contributed by atoms with Crippen molar-refractivity contribution >= 4 is 49.6 Å². The zero-order chi connectivity index (χ0) is 12.7. The molecule has 0 radical (unpaired) electrons. The van der Waals surface area contributed by atoms with E-state index in [0.717, 1.165) is 16.6 Å². The Morgan fingerprint density at radius 1 is 1.17 bits per heavy atom. The van der Waals surface area contributed by atoms with Crippen molar-refractivity contribution in [2.75, 3.05) is 0 Å². The van der Waals surface area contributed by atoms with Gasteiger partial charge in [-0.1, -0.05) is 12.1 Å². The van der Waals surface area contributed by atoms with Gasteiger partial charge in [-0.15, -0.1) is 0 Å². The van der Waals surface area contributed by atoms with Crippen LogP contribution in [0.2, 0.25) is 0 Å². The Bertz CT molecular complexity index is 706. The zero-order valence-electron chi connectivity index (χ0n) is 9.05. The first-order chi connectivity index (χ1) is 8.66. The molecule has 1 aromatic heterocycles. The number of halogens is 3. The molecular weight excluding hydrogens is 410 g/mol. The van der Waals surface area contributed by atoms with Gasteiger partial charge in [-0.05, 0) is 62.8 Å². The molecule has 0 amide bonds. The molecular formula is C13H7BrFIN2. The Morgan fingerprint density at radius 3 is 2.72 bits per heavy atom. The van der Waals surface area contributed by atoms with Crippen LogP contribution >= 0.6 is 38.5 Å². The molecule has 1 N–H and O–H groups in total. The van der Waals surface area contributed by atoms with E-state index in [4.69, 9.17) is 0 Å². The monoisotopic (exact) mass is 416 g/mol. The lowest BCUT2D eigenvalue weighted by Gasteiger charge is -2.03. The number of nitrogens with one attached hydrogen (secondary N) is 1. The van der Waals surface area contributed by atoms with Gasteiger partial charge in [-0.2, -0.15) is 0 Å². The van der Waals surface area contributed by atoms with E-state index in [2.05, 4.69) is 25.9 Å². The third kappa shape index (κ3) is 1.95. The van der Waals surface area contributed by atoms with Gasteiger partial charge >= 0.3 is 0 Å². The number of hydrogen-bond acceptors (Lipinski definition) is 1. The lowest BCUT2D eigenvalue weighted by atomic mass is 10.2. The van der Waals surface area contributed by atoms with Crippen LogP contribution in [0.3, 0.4) is 0 Å². The summed E-state index contributed by atoms with van der Waals surface area (Å²) < 4.78 is 14.9. The lowest BCUT2D eigenvalue weighted by Crippen LogP contribution is -1.89. The van der Waals surface area contributed by atoms with Crippen molar-refractivity contribution < 1.29 is 4.39 Å². The van der Waals surface area contributed by atoms with Crippen molar-refractivity contribution in [2.24, 2.45) is 0 Å². The molecule has 1 heterocycles. The van der Waals surface area contributed by atoms with Gasteiger partial charge in [-0.25, -0.2) is 9.37 Å². The number of nitrogens with zero attached hydrogens (tertiary/aromatic N) is 1. The Balaban J connectivity index is 2.23. The number of H-pyrrole nitrogens is 1. The summed E-state index contributed by atoms with van der Waals surface area (Å²) in [6.07, 6.45) is 0. The van der Waals surface area contributed by atoms with Crippen LogP contribution in [-0.4, -0.2) is 9.97 Å². The van der Waals surface area contributed by atoms with Gasteiger partial charge in [0, 0.05) is 9.13 Å². The highest BCUT2D eigenvalue weighted by Gasteiger charge is 2.13. The third-order valence-corrected chi connectivity index (χ3v) is 4.29. The number of benzene rings is 2. The van der Waals surface area contributed by atoms with Crippen LogP contribution in [-0.2, 0) is 0 Å². The van der Waals surface area contributed by atoms with Gasteiger partial charge in [0.1, 0.15) is 5.82 Å². The number of hydrogen-bond donors (Lipinski definition) is 1. The van der Waals surface area contributed by atoms with Gasteiger partial charge in [-0.3, -0.25) is 0 Å². The second-order valence-corrected chi connectivity index (χ2v) is 5.78. The molecule has 0 aliphatic carbocycles. The first kappa shape index (κ1) is 12.1. The van der Waals surface area contributed by atoms with Gasteiger partial charge in [0.25, 0.3) is 0 Å². The summed E-state index contributed by atoms with van der Waals surface area (Å²) >= 11 is 5.25. The molecule has 5 heteroatoms. The fraction of sp³-hybridized carbons (Fsp3) is 0. The Labute approximate surface area is 125 Å². The summed E-state index contributed by atoms with van der Waals surface area (Å²) in [6.45, 7) is 0. The van der Waals surface area contributed by atoms with E-state index in [1.54, 1.807) is 6.07 Å². The van der Waals surface area contributed by atoms with Crippen LogP contribution in [0.15, 0.2) is 40.9 Å². The molecule has 0 fully saturated rings. The highest BCUT2D eigenvalue weighted by atomic mass is 127. The predicted octanol–water partition coefficient (Wildman–Crippen LogP) is 4.74. The molecule has 3 aromatic rings. The maximum absolute atomic E-state index is 13.8. The lowest BCUT2D eigenvalue weighted by molar-refractivity contribution is 0.614. The van der Waals surface area contributed by atoms with E-state index in [9.17, 15) is 4.39 Å². The van der Waals surface area contributed by atoms with Crippen LogP contribution in [0.1, 0.15) is 0 Å². The molecule has 2 nitrogen and oxygen atoms in total. The Hall–Kier alpha value is -0.950. The smallest absolute Gasteiger partial charge is 0.151 e. The Kier molecular flexibility index (Phi) is 3.11. The molecule has 3 rings (SSSR count). The minimum atomic E-state index is -0.256. The Morgan fingerprint density at radius 2 is 1.94 bits per heavy atom. The summed E-state index contributed by atoms with van der Waals surface area (Å²) in [4.78, 5) is 7.65. The summed E-state index contributed by atoms with van der Waals surface area (Å²) in [5.74, 6) is 0.409. The van der Waals surface area contributed by atoms with E-state index >= 15 is 0 Å². The van der Waals surface area contributed by atoms with Gasteiger partial charge < -0.3 is 4.98 Å². The van der Waals surface area contributed by atoms with Crippen LogP contribution in [0, 0.1) is 9.39 Å². The van der Waals surface area contributed by atoms with Crippen molar-refractivity contribution in [3.05, 3.63) is 50.3 Å². The average molecular weight is 417 g/mol. The first-order valence-corrected chi connectivity index (χ1v) is 7.12. The largest absolute Gasteiger partial charge is 0.338 e. The minimum absolute atomic E-state index is 0.256. The quantitative estimate of drug-likeness (QED) is 0.450. The number of para-hydroxylation sites is 2. The topological polar surface area (TPSA) is 28.7 Å². The summed E-state index contributed by atoms with van der Waals surface area (Å²) in [7, 11) is 0. The molecule has 0 aliphatic heterocycles. The number of aromatic nitrogens is 2. The molecule has 18 heavy (non-hydrogen) atoms. The molecule has 0 unspecified atom stereocenters. The molecule has 0 atom stereocenters. The zero-order valence-corrected chi connectivity index (χ0v) is 12.8. The fourth-order valence-electron chi connectivity index (χ4n) is 1.79. The standard InChI is InChI=1S/C13H7BrFIN2/c14-11-7(5-6-8(16)12(11)15)13-17-9-3-1-2-4-10(9)18-13/h1-6H,(H,17,18). The van der Waals surface area contributed by atoms with Crippen molar-refractivity contribution in [1.29, 1.82) is 0 Å². The van der Waals surface area contributed by atoms with Crippen molar-refractivity contribution in [2.45, 2.75) is 0 Å². The van der Waals surface area contributed by atoms with Crippen LogP contribution < -0.4 is 0 Å². The van der Waals surface area contributed by atoms with E-state index in [1.165, 1.54) is 0 Å². The second-order valence-electron chi connectivity index (χ2n) is 3.83. The van der Waals surface area contributed by atoms with E-state index in [1.807, 2.05) is 52.9 Å². The number of fused-ring (bicyclic) bond motifs is 1. The second kappa shape index (κ2) is 4.62. The molecule has 0 saturated carbocycles. The maximum atomic E-state index is 13.8. The summed E-state index contributed by atoms with van der Waals surface area (Å²) in [6, 6.07) is 11.3. The highest BCUT2D eigenvalue weighted by Crippen LogP contribution is 2.32. The van der Waals surface area contributed by atoms with Crippen molar-refractivity contribution in [1.82, 2.24) is 9.97 Å². The van der Waals surface area contributed by atoms with Crippen LogP contribution in [0.25, 0.3) is 22.4 Å². The van der Waals surface area contributed by atoms with Gasteiger partial charge in [0.05, 0.1) is 15.5 Å². The molecule has 0 bridgehead atoms. The molecule has 2 aromatic carbocycles.